The van der Waals surface area contributed by atoms with Crippen molar-refractivity contribution in [1.29, 1.82) is 0 Å². The Morgan fingerprint density at radius 1 is 1.40 bits per heavy atom. The smallest absolute Gasteiger partial charge is 0.394 e. The quantitative estimate of drug-likeness (QED) is 0.183. The van der Waals surface area contributed by atoms with Crippen molar-refractivity contribution < 1.29 is 35.2 Å². The molecule has 9 nitrogen and oxygen atoms in total. The van der Waals surface area contributed by atoms with Crippen molar-refractivity contribution in [2.45, 2.75) is 30.3 Å². The van der Waals surface area contributed by atoms with E-state index >= 15 is 0 Å². The summed E-state index contributed by atoms with van der Waals surface area (Å²) in [5, 5.41) is 55.9. The fraction of sp³-hybridized carbons (Fsp3) is 1.00. The molecule has 0 aromatic heterocycles. The average Bonchev–Trinajstić information content (AvgIpc) is 2.20. The summed E-state index contributed by atoms with van der Waals surface area (Å²) in [6, 6.07) is 0. The molecule has 0 bridgehead atoms. The lowest BCUT2D eigenvalue weighted by Crippen LogP contribution is -2.69. The molecule has 5 atom stereocenters. The number of nitrogens with zero attached hydrogens (tertiary/aromatic N) is 1. The molecule has 88 valence electrons. The molecule has 1 aliphatic rings. The molecule has 0 aromatic carbocycles. The fourth-order valence-electron chi connectivity index (χ4n) is 1.30. The van der Waals surface area contributed by atoms with E-state index in [1.807, 2.05) is 0 Å². The molecule has 0 aromatic rings. The van der Waals surface area contributed by atoms with Gasteiger partial charge >= 0.3 is 5.72 Å². The molecule has 1 rings (SSSR count). The summed E-state index contributed by atoms with van der Waals surface area (Å²) in [6.07, 6.45) is -7.85. The zero-order valence-electron chi connectivity index (χ0n) is 7.42. The van der Waals surface area contributed by atoms with E-state index in [9.17, 15) is 25.4 Å². The van der Waals surface area contributed by atoms with Gasteiger partial charge in [0.1, 0.15) is 12.2 Å². The number of rotatable bonds is 2. The van der Waals surface area contributed by atoms with Crippen molar-refractivity contribution in [3.63, 3.8) is 0 Å². The molecule has 1 heterocycles. The van der Waals surface area contributed by atoms with Gasteiger partial charge in [-0.3, -0.25) is 10.1 Å². The van der Waals surface area contributed by atoms with Gasteiger partial charge in [0.2, 0.25) is 0 Å². The minimum absolute atomic E-state index is 0.761. The molecule has 0 spiro atoms. The molecule has 0 saturated carbocycles. The van der Waals surface area contributed by atoms with Gasteiger partial charge in [0.05, 0.1) is 11.5 Å². The second-order valence-corrected chi connectivity index (χ2v) is 3.19. The highest BCUT2D eigenvalue weighted by Crippen LogP contribution is 2.28. The molecule has 1 aliphatic heterocycles. The number of aliphatic hydroxyl groups is 5. The Bertz CT molecular complexity index is 260. The van der Waals surface area contributed by atoms with Gasteiger partial charge in [-0.25, -0.2) is 0 Å². The van der Waals surface area contributed by atoms with Gasteiger partial charge in [-0.2, -0.15) is 0 Å². The summed E-state index contributed by atoms with van der Waals surface area (Å²) in [7, 11) is 0. The van der Waals surface area contributed by atoms with E-state index in [1.165, 1.54) is 0 Å². The Morgan fingerprint density at radius 3 is 2.33 bits per heavy atom. The summed E-state index contributed by atoms with van der Waals surface area (Å²) >= 11 is 0. The Morgan fingerprint density at radius 2 is 1.93 bits per heavy atom. The first-order valence-electron chi connectivity index (χ1n) is 4.03. The summed E-state index contributed by atoms with van der Waals surface area (Å²) in [5.74, 6) is 0. The largest absolute Gasteiger partial charge is 0.401 e. The third kappa shape index (κ3) is 1.69. The zero-order valence-corrected chi connectivity index (χ0v) is 7.42. The molecule has 0 unspecified atom stereocenters. The van der Waals surface area contributed by atoms with Gasteiger partial charge in [-0.1, -0.05) is 0 Å². The molecule has 15 heavy (non-hydrogen) atoms. The number of hydrogen-bond acceptors (Lipinski definition) is 8. The van der Waals surface area contributed by atoms with Crippen molar-refractivity contribution in [3.05, 3.63) is 10.1 Å². The predicted octanol–water partition coefficient (Wildman–Crippen LogP) is -3.62. The van der Waals surface area contributed by atoms with Crippen LogP contribution in [0, 0.1) is 10.1 Å². The van der Waals surface area contributed by atoms with Crippen LogP contribution in [0.5, 0.6) is 0 Å². The first kappa shape index (κ1) is 12.2. The first-order valence-corrected chi connectivity index (χ1v) is 4.03. The normalized spacial score (nSPS) is 46.5. The number of nitro groups is 1. The van der Waals surface area contributed by atoms with E-state index in [4.69, 9.17) is 10.2 Å². The lowest BCUT2D eigenvalue weighted by Gasteiger charge is -2.39. The number of ether oxygens (including phenoxy) is 1. The van der Waals surface area contributed by atoms with Gasteiger partial charge in [0.25, 0.3) is 6.29 Å². The van der Waals surface area contributed by atoms with Gasteiger partial charge in [-0.15, -0.1) is 0 Å². The summed E-state index contributed by atoms with van der Waals surface area (Å²) in [4.78, 5) is 9.06. The topological polar surface area (TPSA) is 154 Å². The first-order chi connectivity index (χ1) is 6.85. The van der Waals surface area contributed by atoms with Crippen molar-refractivity contribution >= 4 is 0 Å². The van der Waals surface area contributed by atoms with Crippen LogP contribution in [0.15, 0.2) is 0 Å². The molecule has 0 amide bonds. The van der Waals surface area contributed by atoms with Gasteiger partial charge < -0.3 is 30.3 Å². The molecule has 1 fully saturated rings. The maximum atomic E-state index is 10.4. The van der Waals surface area contributed by atoms with Crippen LogP contribution in [-0.4, -0.2) is 67.4 Å². The van der Waals surface area contributed by atoms with E-state index in [0.29, 0.717) is 0 Å². The van der Waals surface area contributed by atoms with Crippen LogP contribution in [0.3, 0.4) is 0 Å². The lowest BCUT2D eigenvalue weighted by molar-refractivity contribution is -0.675. The Kier molecular flexibility index (Phi) is 3.23. The predicted molar refractivity (Wildman–Crippen MR) is 41.9 cm³/mol. The second kappa shape index (κ2) is 3.96. The van der Waals surface area contributed by atoms with E-state index in [0.717, 1.165) is 0 Å². The fourth-order valence-corrected chi connectivity index (χ4v) is 1.30. The van der Waals surface area contributed by atoms with Crippen LogP contribution >= 0.6 is 0 Å². The Labute approximate surface area is 83.3 Å². The highest BCUT2D eigenvalue weighted by atomic mass is 16.7. The van der Waals surface area contributed by atoms with Gasteiger partial charge in [0.15, 0.2) is 6.10 Å². The molecule has 0 aliphatic carbocycles. The zero-order chi connectivity index (χ0) is 11.8. The van der Waals surface area contributed by atoms with Crippen molar-refractivity contribution in [2.24, 2.45) is 0 Å². The van der Waals surface area contributed by atoms with Crippen molar-refractivity contribution in [1.82, 2.24) is 0 Å². The van der Waals surface area contributed by atoms with E-state index in [-0.39, 0.29) is 0 Å². The van der Waals surface area contributed by atoms with Gasteiger partial charge in [-0.05, 0) is 0 Å². The maximum Gasteiger partial charge on any atom is 0.401 e. The van der Waals surface area contributed by atoms with E-state index in [2.05, 4.69) is 4.74 Å². The summed E-state index contributed by atoms with van der Waals surface area (Å²) in [6.45, 7) is -0.761. The monoisotopic (exact) mass is 225 g/mol. The third-order valence-corrected chi connectivity index (χ3v) is 2.28. The molecule has 9 heteroatoms. The standard InChI is InChI=1S/C6H11NO8/c8-1-2-3(9)4(10)6(12,7(13)14)5(11)15-2/h2-5,8-12H,1H2/t2-,3+,4+,5+,6-/m1/s1. The maximum absolute atomic E-state index is 10.4. The SMILES string of the molecule is O=[N+]([O-])[C@]1(O)[C@@H](O)O[C@H](CO)[C@H](O)[C@@H]1O. The van der Waals surface area contributed by atoms with Crippen LogP contribution in [0.4, 0.5) is 0 Å². The third-order valence-electron chi connectivity index (χ3n) is 2.28. The van der Waals surface area contributed by atoms with Crippen LogP contribution in [0.1, 0.15) is 0 Å². The average molecular weight is 225 g/mol. The Balaban J connectivity index is 2.98. The van der Waals surface area contributed by atoms with E-state index in [1.54, 1.807) is 0 Å². The minimum atomic E-state index is -3.20. The molecular weight excluding hydrogens is 214 g/mol. The summed E-state index contributed by atoms with van der Waals surface area (Å²) in [5.41, 5.74) is -3.20. The molecule has 1 saturated heterocycles. The van der Waals surface area contributed by atoms with Crippen molar-refractivity contribution in [2.75, 3.05) is 6.61 Å². The van der Waals surface area contributed by atoms with Gasteiger partial charge in [0, 0.05) is 0 Å². The highest BCUT2D eigenvalue weighted by Gasteiger charge is 2.64. The lowest BCUT2D eigenvalue weighted by atomic mass is 9.94. The van der Waals surface area contributed by atoms with Crippen LogP contribution in [0.2, 0.25) is 0 Å². The summed E-state index contributed by atoms with van der Waals surface area (Å²) < 4.78 is 4.40. The second-order valence-electron chi connectivity index (χ2n) is 3.19. The number of aliphatic hydroxyl groups excluding tert-OH is 4. The Hall–Kier alpha value is -0.840. The molecular formula is C6H11NO8. The van der Waals surface area contributed by atoms with Crippen LogP contribution in [-0.2, 0) is 4.74 Å². The van der Waals surface area contributed by atoms with Crippen LogP contribution < -0.4 is 0 Å². The number of hydrogen-bond donors (Lipinski definition) is 5. The van der Waals surface area contributed by atoms with Crippen molar-refractivity contribution in [3.8, 4) is 0 Å². The molecule has 5 N–H and O–H groups in total. The van der Waals surface area contributed by atoms with Crippen LogP contribution in [0.25, 0.3) is 0 Å². The highest BCUT2D eigenvalue weighted by molar-refractivity contribution is 4.93. The molecule has 0 radical (unpaired) electrons. The van der Waals surface area contributed by atoms with E-state index < -0.39 is 41.9 Å². The minimum Gasteiger partial charge on any atom is -0.394 e.